The van der Waals surface area contributed by atoms with E-state index in [1.54, 1.807) is 0 Å². The molecule has 0 aromatic heterocycles. The van der Waals surface area contributed by atoms with Crippen LogP contribution in [0, 0.1) is 19.8 Å². The van der Waals surface area contributed by atoms with Gasteiger partial charge >= 0.3 is 0 Å². The second kappa shape index (κ2) is 8.88. The molecule has 6 heteroatoms. The molecule has 0 atom stereocenters. The lowest BCUT2D eigenvalue weighted by Crippen LogP contribution is -2.43. The monoisotopic (exact) mass is 400 g/mol. The van der Waals surface area contributed by atoms with Gasteiger partial charge in [-0.1, -0.05) is 59.7 Å². The fourth-order valence-corrected chi connectivity index (χ4v) is 4.99. The van der Waals surface area contributed by atoms with E-state index in [1.807, 2.05) is 62.4 Å². The van der Waals surface area contributed by atoms with Crippen molar-refractivity contribution in [1.82, 2.24) is 9.62 Å². The summed E-state index contributed by atoms with van der Waals surface area (Å²) in [6.07, 6.45) is 1.12. The zero-order valence-electron chi connectivity index (χ0n) is 16.5. The Morgan fingerprint density at radius 2 is 1.43 bits per heavy atom. The fraction of sp³-hybridized carbons (Fsp3) is 0.409. The number of hydrogen-bond acceptors (Lipinski definition) is 3. The molecule has 0 aliphatic carbocycles. The van der Waals surface area contributed by atoms with Crippen molar-refractivity contribution in [2.24, 2.45) is 5.92 Å². The number of hydrogen-bond donors (Lipinski definition) is 1. The van der Waals surface area contributed by atoms with Gasteiger partial charge in [0, 0.05) is 25.6 Å². The number of sulfonamides is 1. The minimum Gasteiger partial charge on any atom is -0.352 e. The summed E-state index contributed by atoms with van der Waals surface area (Å²) in [6, 6.07) is 15.6. The molecule has 28 heavy (non-hydrogen) atoms. The molecule has 1 N–H and O–H groups in total. The molecule has 2 aromatic carbocycles. The van der Waals surface area contributed by atoms with Gasteiger partial charge in [0.2, 0.25) is 15.9 Å². The number of piperidine rings is 1. The van der Waals surface area contributed by atoms with Gasteiger partial charge in [-0.3, -0.25) is 4.79 Å². The molecule has 1 heterocycles. The second-order valence-corrected chi connectivity index (χ2v) is 9.59. The summed E-state index contributed by atoms with van der Waals surface area (Å²) in [5.74, 6) is -0.107. The average molecular weight is 401 g/mol. The quantitative estimate of drug-likeness (QED) is 0.810. The minimum absolute atomic E-state index is 0.0103. The number of rotatable bonds is 6. The summed E-state index contributed by atoms with van der Waals surface area (Å²) in [7, 11) is -3.36. The summed E-state index contributed by atoms with van der Waals surface area (Å²) in [5, 5.41) is 2.98. The van der Waals surface area contributed by atoms with E-state index in [9.17, 15) is 13.2 Å². The highest BCUT2D eigenvalue weighted by atomic mass is 32.2. The second-order valence-electron chi connectivity index (χ2n) is 7.62. The molecular weight excluding hydrogens is 372 g/mol. The third-order valence-electron chi connectivity index (χ3n) is 5.28. The topological polar surface area (TPSA) is 66.5 Å². The van der Waals surface area contributed by atoms with Gasteiger partial charge in [-0.25, -0.2) is 12.7 Å². The van der Waals surface area contributed by atoms with E-state index in [0.29, 0.717) is 32.5 Å². The van der Waals surface area contributed by atoms with E-state index in [4.69, 9.17) is 0 Å². The van der Waals surface area contributed by atoms with E-state index in [1.165, 1.54) is 9.87 Å². The van der Waals surface area contributed by atoms with Gasteiger partial charge < -0.3 is 5.32 Å². The average Bonchev–Trinajstić information content (AvgIpc) is 2.69. The zero-order chi connectivity index (χ0) is 20.1. The van der Waals surface area contributed by atoms with E-state index in [-0.39, 0.29) is 17.6 Å². The number of amides is 1. The standard InChI is InChI=1S/C22H28N2O3S/c1-17-3-7-19(8-4-17)15-23-22(25)21-11-13-24(14-12-21)28(26,27)16-20-9-5-18(2)6-10-20/h3-10,21H,11-16H2,1-2H3,(H,23,25). The summed E-state index contributed by atoms with van der Waals surface area (Å²) < 4.78 is 26.9. The van der Waals surface area contributed by atoms with Crippen LogP contribution in [0.3, 0.4) is 0 Å². The molecule has 150 valence electrons. The Balaban J connectivity index is 1.49. The van der Waals surface area contributed by atoms with Gasteiger partial charge in [-0.2, -0.15) is 0 Å². The van der Waals surface area contributed by atoms with Crippen LogP contribution in [0.2, 0.25) is 0 Å². The first kappa shape index (κ1) is 20.6. The van der Waals surface area contributed by atoms with Crippen molar-refractivity contribution in [3.8, 4) is 0 Å². The molecule has 0 spiro atoms. The van der Waals surface area contributed by atoms with Gasteiger partial charge in [0.25, 0.3) is 0 Å². The highest BCUT2D eigenvalue weighted by molar-refractivity contribution is 7.88. The number of carbonyl (C=O) groups excluding carboxylic acids is 1. The Hall–Kier alpha value is -2.18. The molecule has 0 unspecified atom stereocenters. The lowest BCUT2D eigenvalue weighted by atomic mass is 9.97. The third kappa shape index (κ3) is 5.42. The molecule has 1 aliphatic rings. The van der Waals surface area contributed by atoms with E-state index in [0.717, 1.165) is 16.7 Å². The highest BCUT2D eigenvalue weighted by Crippen LogP contribution is 2.22. The van der Waals surface area contributed by atoms with Crippen molar-refractivity contribution in [1.29, 1.82) is 0 Å². The van der Waals surface area contributed by atoms with Gasteiger partial charge in [-0.05, 0) is 37.8 Å². The Morgan fingerprint density at radius 3 is 1.96 bits per heavy atom. The summed E-state index contributed by atoms with van der Waals surface area (Å²) >= 11 is 0. The first-order valence-corrected chi connectivity index (χ1v) is 11.3. The maximum Gasteiger partial charge on any atom is 0.223 e. The molecule has 1 aliphatic heterocycles. The molecule has 2 aromatic rings. The fourth-order valence-electron chi connectivity index (χ4n) is 3.42. The molecule has 1 saturated heterocycles. The van der Waals surface area contributed by atoms with Crippen molar-refractivity contribution < 1.29 is 13.2 Å². The minimum atomic E-state index is -3.36. The highest BCUT2D eigenvalue weighted by Gasteiger charge is 2.31. The number of benzene rings is 2. The summed E-state index contributed by atoms with van der Waals surface area (Å²) in [4.78, 5) is 12.4. The predicted octanol–water partition coefficient (Wildman–Crippen LogP) is 3.16. The summed E-state index contributed by atoms with van der Waals surface area (Å²) in [5.41, 5.74) is 4.16. The van der Waals surface area contributed by atoms with Crippen LogP contribution in [-0.4, -0.2) is 31.7 Å². The Bertz CT molecular complexity index is 898. The number of aryl methyl sites for hydroxylation is 2. The summed E-state index contributed by atoms with van der Waals surface area (Å²) in [6.45, 7) is 5.31. The van der Waals surface area contributed by atoms with Gasteiger partial charge in [-0.15, -0.1) is 0 Å². The van der Waals surface area contributed by atoms with Crippen LogP contribution in [0.5, 0.6) is 0 Å². The number of carbonyl (C=O) groups is 1. The zero-order valence-corrected chi connectivity index (χ0v) is 17.3. The molecule has 0 saturated carbocycles. The largest absolute Gasteiger partial charge is 0.352 e. The van der Waals surface area contributed by atoms with E-state index < -0.39 is 10.0 Å². The van der Waals surface area contributed by atoms with Crippen molar-refractivity contribution >= 4 is 15.9 Å². The first-order valence-electron chi connectivity index (χ1n) is 9.70. The van der Waals surface area contributed by atoms with Gasteiger partial charge in [0.15, 0.2) is 0 Å². The van der Waals surface area contributed by atoms with E-state index in [2.05, 4.69) is 5.32 Å². The Kier molecular flexibility index (Phi) is 6.52. The first-order chi connectivity index (χ1) is 13.3. The Labute approximate surface area is 167 Å². The number of nitrogens with zero attached hydrogens (tertiary/aromatic N) is 1. The molecule has 0 radical (unpaired) electrons. The molecular formula is C22H28N2O3S. The lowest BCUT2D eigenvalue weighted by molar-refractivity contribution is -0.126. The van der Waals surface area contributed by atoms with Crippen LogP contribution in [-0.2, 0) is 27.1 Å². The van der Waals surface area contributed by atoms with Crippen LogP contribution < -0.4 is 5.32 Å². The third-order valence-corrected chi connectivity index (χ3v) is 7.13. The van der Waals surface area contributed by atoms with Crippen LogP contribution in [0.1, 0.15) is 35.1 Å². The van der Waals surface area contributed by atoms with Crippen molar-refractivity contribution in [3.63, 3.8) is 0 Å². The maximum atomic E-state index is 12.7. The van der Waals surface area contributed by atoms with Crippen LogP contribution in [0.4, 0.5) is 0 Å². The predicted molar refractivity (Wildman–Crippen MR) is 111 cm³/mol. The van der Waals surface area contributed by atoms with Gasteiger partial charge in [0.1, 0.15) is 0 Å². The Morgan fingerprint density at radius 1 is 0.929 bits per heavy atom. The lowest BCUT2D eigenvalue weighted by Gasteiger charge is -2.30. The maximum absolute atomic E-state index is 12.7. The molecule has 3 rings (SSSR count). The van der Waals surface area contributed by atoms with Crippen LogP contribution >= 0.6 is 0 Å². The van der Waals surface area contributed by atoms with Crippen molar-refractivity contribution in [2.45, 2.75) is 39.0 Å². The normalized spacial score (nSPS) is 16.1. The molecule has 0 bridgehead atoms. The van der Waals surface area contributed by atoms with Crippen molar-refractivity contribution in [2.75, 3.05) is 13.1 Å². The molecule has 1 amide bonds. The van der Waals surface area contributed by atoms with Gasteiger partial charge in [0.05, 0.1) is 5.75 Å². The molecule has 5 nitrogen and oxygen atoms in total. The van der Waals surface area contributed by atoms with Crippen molar-refractivity contribution in [3.05, 3.63) is 70.8 Å². The smallest absolute Gasteiger partial charge is 0.223 e. The van der Waals surface area contributed by atoms with Crippen LogP contribution in [0.15, 0.2) is 48.5 Å². The molecule has 1 fully saturated rings. The van der Waals surface area contributed by atoms with Crippen LogP contribution in [0.25, 0.3) is 0 Å². The SMILES string of the molecule is Cc1ccc(CNC(=O)C2CCN(S(=O)(=O)Cc3ccc(C)cc3)CC2)cc1. The van der Waals surface area contributed by atoms with E-state index >= 15 is 0 Å². The number of nitrogens with one attached hydrogen (secondary N) is 1.